The van der Waals surface area contributed by atoms with Gasteiger partial charge in [0.15, 0.2) is 0 Å². The second kappa shape index (κ2) is 6.25. The Balaban J connectivity index is 1.49. The average molecular weight is 361 g/mol. The number of aliphatic carboxylic acids is 1. The maximum absolute atomic E-state index is 12.6. The first-order valence-corrected chi connectivity index (χ1v) is 9.39. The second-order valence-electron chi connectivity index (χ2n) is 6.82. The summed E-state index contributed by atoms with van der Waals surface area (Å²) in [7, 11) is 0. The summed E-state index contributed by atoms with van der Waals surface area (Å²) < 4.78 is 1.43. The van der Waals surface area contributed by atoms with Crippen molar-refractivity contribution >= 4 is 33.4 Å². The van der Waals surface area contributed by atoms with Crippen molar-refractivity contribution in [2.24, 2.45) is 11.8 Å². The van der Waals surface area contributed by atoms with Crippen molar-refractivity contribution in [3.8, 4) is 0 Å². The zero-order valence-electron chi connectivity index (χ0n) is 13.6. The fourth-order valence-electron chi connectivity index (χ4n) is 4.29. The highest BCUT2D eigenvalue weighted by Crippen LogP contribution is 2.42. The number of carbonyl (C=O) groups is 2. The molecule has 2 fully saturated rings. The Labute approximate surface area is 147 Å². The standard InChI is InChI=1S/C17H19N3O4S/c21-13(20-8-10-2-1-3-11(10)14(20)17(23)24)4-6-19-9-18-15-12(16(19)22)5-7-25-15/h5,7,9-11,14H,1-4,6,8H2,(H,23,24). The van der Waals surface area contributed by atoms with Gasteiger partial charge in [0.05, 0.1) is 11.7 Å². The summed E-state index contributed by atoms with van der Waals surface area (Å²) in [4.78, 5) is 43.1. The predicted octanol–water partition coefficient (Wildman–Crippen LogP) is 1.56. The molecule has 1 saturated heterocycles. The number of carboxylic acids is 1. The van der Waals surface area contributed by atoms with E-state index >= 15 is 0 Å². The van der Waals surface area contributed by atoms with Crippen LogP contribution in [0, 0.1) is 11.8 Å². The van der Waals surface area contributed by atoms with Crippen molar-refractivity contribution in [2.75, 3.05) is 6.54 Å². The van der Waals surface area contributed by atoms with Crippen LogP contribution in [0.25, 0.3) is 10.2 Å². The van der Waals surface area contributed by atoms with Gasteiger partial charge in [0.2, 0.25) is 5.91 Å². The van der Waals surface area contributed by atoms with E-state index in [4.69, 9.17) is 0 Å². The summed E-state index contributed by atoms with van der Waals surface area (Å²) >= 11 is 1.40. The topological polar surface area (TPSA) is 92.5 Å². The molecule has 3 heterocycles. The van der Waals surface area contributed by atoms with Gasteiger partial charge in [0.25, 0.3) is 5.56 Å². The molecule has 1 saturated carbocycles. The zero-order chi connectivity index (χ0) is 17.6. The maximum atomic E-state index is 12.6. The van der Waals surface area contributed by atoms with E-state index in [0.717, 1.165) is 19.3 Å². The smallest absolute Gasteiger partial charge is 0.326 e. The third-order valence-corrected chi connectivity index (χ3v) is 6.30. The molecule has 0 bridgehead atoms. The highest BCUT2D eigenvalue weighted by Gasteiger charge is 2.49. The number of fused-ring (bicyclic) bond motifs is 2. The molecule has 8 heteroatoms. The monoisotopic (exact) mass is 361 g/mol. The number of hydrogen-bond acceptors (Lipinski definition) is 5. The van der Waals surface area contributed by atoms with Gasteiger partial charge in [0, 0.05) is 19.5 Å². The lowest BCUT2D eigenvalue weighted by Gasteiger charge is -2.24. The lowest BCUT2D eigenvalue weighted by Crippen LogP contribution is -2.43. The number of carboxylic acid groups (broad SMARTS) is 1. The number of carbonyl (C=O) groups excluding carboxylic acids is 1. The zero-order valence-corrected chi connectivity index (χ0v) is 14.4. The Morgan fingerprint density at radius 1 is 1.36 bits per heavy atom. The molecule has 0 spiro atoms. The fourth-order valence-corrected chi connectivity index (χ4v) is 5.01. The van der Waals surface area contributed by atoms with Crippen molar-refractivity contribution in [3.05, 3.63) is 28.1 Å². The molecule has 25 heavy (non-hydrogen) atoms. The van der Waals surface area contributed by atoms with E-state index in [0.29, 0.717) is 22.7 Å². The molecule has 2 aromatic rings. The summed E-state index contributed by atoms with van der Waals surface area (Å²) in [6, 6.07) is 1.02. The van der Waals surface area contributed by atoms with Crippen LogP contribution >= 0.6 is 11.3 Å². The largest absolute Gasteiger partial charge is 0.480 e. The van der Waals surface area contributed by atoms with E-state index in [-0.39, 0.29) is 30.3 Å². The van der Waals surface area contributed by atoms with E-state index in [1.54, 1.807) is 6.07 Å². The van der Waals surface area contributed by atoms with Gasteiger partial charge in [-0.3, -0.25) is 14.2 Å². The molecule has 1 amide bonds. The van der Waals surface area contributed by atoms with Crippen LogP contribution in [0.1, 0.15) is 25.7 Å². The molecule has 4 rings (SSSR count). The van der Waals surface area contributed by atoms with Crippen molar-refractivity contribution in [1.29, 1.82) is 0 Å². The molecular formula is C17H19N3O4S. The first-order valence-electron chi connectivity index (χ1n) is 8.51. The van der Waals surface area contributed by atoms with Crippen LogP contribution in [0.4, 0.5) is 0 Å². The number of thiophene rings is 1. The van der Waals surface area contributed by atoms with Crippen LogP contribution in [-0.2, 0) is 16.1 Å². The van der Waals surface area contributed by atoms with Gasteiger partial charge in [-0.1, -0.05) is 6.42 Å². The highest BCUT2D eigenvalue weighted by molar-refractivity contribution is 7.16. The van der Waals surface area contributed by atoms with Gasteiger partial charge in [-0.2, -0.15) is 0 Å². The van der Waals surface area contributed by atoms with Crippen LogP contribution in [0.2, 0.25) is 0 Å². The molecule has 1 aliphatic heterocycles. The summed E-state index contributed by atoms with van der Waals surface area (Å²) in [6.45, 7) is 0.742. The molecule has 7 nitrogen and oxygen atoms in total. The number of likely N-dealkylation sites (tertiary alicyclic amines) is 1. The highest BCUT2D eigenvalue weighted by atomic mass is 32.1. The number of aromatic nitrogens is 2. The van der Waals surface area contributed by atoms with Gasteiger partial charge < -0.3 is 10.0 Å². The molecule has 3 unspecified atom stereocenters. The van der Waals surface area contributed by atoms with Gasteiger partial charge in [0.1, 0.15) is 10.9 Å². The van der Waals surface area contributed by atoms with Crippen LogP contribution in [0.3, 0.4) is 0 Å². The maximum Gasteiger partial charge on any atom is 0.326 e. The minimum Gasteiger partial charge on any atom is -0.480 e. The minimum atomic E-state index is -0.915. The molecule has 1 aliphatic carbocycles. The normalized spacial score (nSPS) is 25.4. The fraction of sp³-hybridized carbons (Fsp3) is 0.529. The number of nitrogens with zero attached hydrogens (tertiary/aromatic N) is 3. The minimum absolute atomic E-state index is 0.0768. The van der Waals surface area contributed by atoms with Crippen LogP contribution in [0.15, 0.2) is 22.6 Å². The number of hydrogen-bond donors (Lipinski definition) is 1. The van der Waals surface area contributed by atoms with Gasteiger partial charge in [-0.15, -0.1) is 11.3 Å². The Bertz CT molecular complexity index is 889. The van der Waals surface area contributed by atoms with Crippen molar-refractivity contribution in [1.82, 2.24) is 14.5 Å². The van der Waals surface area contributed by atoms with E-state index in [2.05, 4.69) is 4.98 Å². The van der Waals surface area contributed by atoms with Gasteiger partial charge >= 0.3 is 5.97 Å². The second-order valence-corrected chi connectivity index (χ2v) is 7.71. The predicted molar refractivity (Wildman–Crippen MR) is 92.5 cm³/mol. The van der Waals surface area contributed by atoms with Crippen LogP contribution in [0.5, 0.6) is 0 Å². The molecule has 2 aromatic heterocycles. The number of amides is 1. The summed E-state index contributed by atoms with van der Waals surface area (Å²) in [5.74, 6) is -0.731. The number of aryl methyl sites for hydroxylation is 1. The first-order chi connectivity index (χ1) is 12.1. The quantitative estimate of drug-likeness (QED) is 0.892. The van der Waals surface area contributed by atoms with Crippen molar-refractivity contribution in [2.45, 2.75) is 38.3 Å². The van der Waals surface area contributed by atoms with E-state index < -0.39 is 12.0 Å². The molecular weight excluding hydrogens is 342 g/mol. The van der Waals surface area contributed by atoms with Gasteiger partial charge in [-0.05, 0) is 36.1 Å². The molecule has 0 aromatic carbocycles. The SMILES string of the molecule is O=C(O)C1C2CCCC2CN1C(=O)CCn1cnc2sccc2c1=O. The van der Waals surface area contributed by atoms with Crippen LogP contribution in [-0.4, -0.2) is 44.0 Å². The first kappa shape index (κ1) is 16.3. The molecule has 132 valence electrons. The van der Waals surface area contributed by atoms with E-state index in [1.807, 2.05) is 5.38 Å². The number of rotatable bonds is 4. The Hall–Kier alpha value is -2.22. The lowest BCUT2D eigenvalue weighted by atomic mass is 9.94. The van der Waals surface area contributed by atoms with Gasteiger partial charge in [-0.25, -0.2) is 9.78 Å². The van der Waals surface area contributed by atoms with Crippen molar-refractivity contribution < 1.29 is 14.7 Å². The Kier molecular flexibility index (Phi) is 4.07. The lowest BCUT2D eigenvalue weighted by molar-refractivity contribution is -0.149. The van der Waals surface area contributed by atoms with Crippen LogP contribution < -0.4 is 5.56 Å². The molecule has 2 aliphatic rings. The summed E-state index contributed by atoms with van der Waals surface area (Å²) in [6.07, 6.45) is 4.49. The summed E-state index contributed by atoms with van der Waals surface area (Å²) in [5.41, 5.74) is -0.160. The van der Waals surface area contributed by atoms with E-state index in [9.17, 15) is 19.5 Å². The van der Waals surface area contributed by atoms with E-state index in [1.165, 1.54) is 27.1 Å². The Morgan fingerprint density at radius 2 is 2.20 bits per heavy atom. The third kappa shape index (κ3) is 2.74. The van der Waals surface area contributed by atoms with Crippen molar-refractivity contribution in [3.63, 3.8) is 0 Å². The Morgan fingerprint density at radius 3 is 3.00 bits per heavy atom. The third-order valence-electron chi connectivity index (χ3n) is 5.48. The molecule has 3 atom stereocenters. The summed E-state index contributed by atoms with van der Waals surface area (Å²) in [5, 5.41) is 11.9. The molecule has 0 radical (unpaired) electrons. The molecule has 1 N–H and O–H groups in total. The average Bonchev–Trinajstić information content (AvgIpc) is 3.28.